The molecule has 0 spiro atoms. The van der Waals surface area contributed by atoms with E-state index < -0.39 is 0 Å². The zero-order valence-corrected chi connectivity index (χ0v) is 11.7. The predicted molar refractivity (Wildman–Crippen MR) is 79.2 cm³/mol. The highest BCUT2D eigenvalue weighted by Gasteiger charge is 2.04. The van der Waals surface area contributed by atoms with Gasteiger partial charge in [0.1, 0.15) is 0 Å². The van der Waals surface area contributed by atoms with Crippen LogP contribution in [0.15, 0.2) is 47.5 Å². The van der Waals surface area contributed by atoms with Gasteiger partial charge in [0.15, 0.2) is 0 Å². The molecule has 4 heteroatoms. The summed E-state index contributed by atoms with van der Waals surface area (Å²) in [6.07, 6.45) is 1.67. The first-order chi connectivity index (χ1) is 8.66. The highest BCUT2D eigenvalue weighted by atomic mass is 35.5. The third-order valence-corrected chi connectivity index (χ3v) is 3.22. The van der Waals surface area contributed by atoms with Gasteiger partial charge in [-0.3, -0.25) is 4.99 Å². The molecule has 0 aliphatic heterocycles. The van der Waals surface area contributed by atoms with Gasteiger partial charge in [-0.1, -0.05) is 65.1 Å². The number of hydrogen-bond donors (Lipinski definition) is 0. The first kappa shape index (κ1) is 13.4. The fraction of sp³-hybridized carbons (Fsp3) is 0.0714. The molecule has 0 aliphatic rings. The third-order valence-electron chi connectivity index (χ3n) is 2.38. The smallest absolute Gasteiger partial charge is 0.0640 e. The lowest BCUT2D eigenvalue weighted by atomic mass is 10.2. The van der Waals surface area contributed by atoms with E-state index in [1.165, 1.54) is 0 Å². The van der Waals surface area contributed by atoms with E-state index in [-0.39, 0.29) is 0 Å². The van der Waals surface area contributed by atoms with Gasteiger partial charge in [-0.15, -0.1) is 0 Å². The summed E-state index contributed by atoms with van der Waals surface area (Å²) in [6, 6.07) is 13.3. The fourth-order valence-corrected chi connectivity index (χ4v) is 2.42. The molecule has 0 bridgehead atoms. The Balaban J connectivity index is 2.15. The number of halogens is 3. The largest absolute Gasteiger partial charge is 0.288 e. The molecule has 0 aromatic heterocycles. The molecule has 2 aromatic carbocycles. The van der Waals surface area contributed by atoms with E-state index in [9.17, 15) is 0 Å². The van der Waals surface area contributed by atoms with Crippen molar-refractivity contribution >= 4 is 41.0 Å². The summed E-state index contributed by atoms with van der Waals surface area (Å²) < 4.78 is 0. The van der Waals surface area contributed by atoms with Gasteiger partial charge in [0.25, 0.3) is 0 Å². The van der Waals surface area contributed by atoms with E-state index in [1.807, 2.05) is 30.3 Å². The third kappa shape index (κ3) is 3.49. The van der Waals surface area contributed by atoms with E-state index in [0.29, 0.717) is 27.2 Å². The summed E-state index contributed by atoms with van der Waals surface area (Å²) in [5.41, 5.74) is 1.83. The van der Waals surface area contributed by atoms with Crippen molar-refractivity contribution in [3.05, 3.63) is 68.7 Å². The molecular formula is C14H10Cl3N. The highest BCUT2D eigenvalue weighted by molar-refractivity contribution is 6.41. The Morgan fingerprint density at radius 3 is 2.17 bits per heavy atom. The molecular weight excluding hydrogens is 289 g/mol. The molecule has 2 aromatic rings. The Bertz CT molecular complexity index is 542. The Morgan fingerprint density at radius 1 is 0.944 bits per heavy atom. The lowest BCUT2D eigenvalue weighted by Crippen LogP contribution is -1.87. The van der Waals surface area contributed by atoms with Crippen LogP contribution < -0.4 is 0 Å². The summed E-state index contributed by atoms with van der Waals surface area (Å²) >= 11 is 18.0. The van der Waals surface area contributed by atoms with Gasteiger partial charge >= 0.3 is 0 Å². The lowest BCUT2D eigenvalue weighted by Gasteiger charge is -2.02. The van der Waals surface area contributed by atoms with E-state index >= 15 is 0 Å². The standard InChI is InChI=1S/C14H10Cl3N/c15-11-6-13(16)12(14(17)7-11)9-18-8-10-4-2-1-3-5-10/h1-7,9H,8H2. The van der Waals surface area contributed by atoms with Crippen molar-refractivity contribution in [2.45, 2.75) is 6.54 Å². The number of aliphatic imine (C=N–C) groups is 1. The molecule has 0 aliphatic carbocycles. The van der Waals surface area contributed by atoms with Crippen LogP contribution in [0.1, 0.15) is 11.1 Å². The highest BCUT2D eigenvalue weighted by Crippen LogP contribution is 2.27. The van der Waals surface area contributed by atoms with Crippen LogP contribution in [0.25, 0.3) is 0 Å². The minimum Gasteiger partial charge on any atom is -0.288 e. The normalized spacial score (nSPS) is 11.1. The van der Waals surface area contributed by atoms with Crippen LogP contribution in [0.5, 0.6) is 0 Å². The summed E-state index contributed by atoms with van der Waals surface area (Å²) in [7, 11) is 0. The van der Waals surface area contributed by atoms with Crippen molar-refractivity contribution in [3.8, 4) is 0 Å². The quantitative estimate of drug-likeness (QED) is 0.685. The molecule has 0 amide bonds. The van der Waals surface area contributed by atoms with E-state index in [2.05, 4.69) is 4.99 Å². The number of hydrogen-bond acceptors (Lipinski definition) is 1. The van der Waals surface area contributed by atoms with Crippen LogP contribution in [0.3, 0.4) is 0 Å². The molecule has 1 nitrogen and oxygen atoms in total. The van der Waals surface area contributed by atoms with Crippen LogP contribution in [0.2, 0.25) is 15.1 Å². The van der Waals surface area contributed by atoms with E-state index in [4.69, 9.17) is 34.8 Å². The van der Waals surface area contributed by atoms with Gasteiger partial charge in [0.05, 0.1) is 16.6 Å². The summed E-state index contributed by atoms with van der Waals surface area (Å²) in [5, 5.41) is 1.53. The zero-order chi connectivity index (χ0) is 13.0. The average molecular weight is 299 g/mol. The zero-order valence-electron chi connectivity index (χ0n) is 9.41. The Hall–Kier alpha value is -1.02. The van der Waals surface area contributed by atoms with Gasteiger partial charge in [-0.05, 0) is 17.7 Å². The van der Waals surface area contributed by atoms with Crippen molar-refractivity contribution in [3.63, 3.8) is 0 Å². The van der Waals surface area contributed by atoms with Crippen molar-refractivity contribution in [1.82, 2.24) is 0 Å². The van der Waals surface area contributed by atoms with Gasteiger partial charge < -0.3 is 0 Å². The molecule has 0 unspecified atom stereocenters. The maximum atomic E-state index is 6.06. The van der Waals surface area contributed by atoms with Crippen molar-refractivity contribution < 1.29 is 0 Å². The summed E-state index contributed by atoms with van der Waals surface area (Å²) in [4.78, 5) is 4.33. The maximum absolute atomic E-state index is 6.06. The van der Waals surface area contributed by atoms with Gasteiger partial charge in [0.2, 0.25) is 0 Å². The van der Waals surface area contributed by atoms with Gasteiger partial charge in [0, 0.05) is 16.8 Å². The fourth-order valence-electron chi connectivity index (χ4n) is 1.50. The minimum atomic E-state index is 0.504. The minimum absolute atomic E-state index is 0.504. The molecule has 0 saturated heterocycles. The molecule has 0 atom stereocenters. The Morgan fingerprint density at radius 2 is 1.56 bits per heavy atom. The second-order valence-electron chi connectivity index (χ2n) is 3.74. The number of benzene rings is 2. The van der Waals surface area contributed by atoms with Crippen LogP contribution >= 0.6 is 34.8 Å². The SMILES string of the molecule is Clc1cc(Cl)c(C=NCc2ccccc2)c(Cl)c1. The summed E-state index contributed by atoms with van der Waals surface area (Å²) in [6.45, 7) is 0.593. The summed E-state index contributed by atoms with van der Waals surface area (Å²) in [5.74, 6) is 0. The molecule has 92 valence electrons. The van der Waals surface area contributed by atoms with E-state index in [1.54, 1.807) is 18.3 Å². The second kappa shape index (κ2) is 6.24. The molecule has 2 rings (SSSR count). The first-order valence-electron chi connectivity index (χ1n) is 5.35. The van der Waals surface area contributed by atoms with Crippen molar-refractivity contribution in [2.24, 2.45) is 4.99 Å². The van der Waals surface area contributed by atoms with Crippen molar-refractivity contribution in [2.75, 3.05) is 0 Å². The van der Waals surface area contributed by atoms with Crippen LogP contribution in [0, 0.1) is 0 Å². The molecule has 0 saturated carbocycles. The maximum Gasteiger partial charge on any atom is 0.0640 e. The lowest BCUT2D eigenvalue weighted by molar-refractivity contribution is 1.08. The van der Waals surface area contributed by atoms with Gasteiger partial charge in [-0.25, -0.2) is 0 Å². The molecule has 18 heavy (non-hydrogen) atoms. The monoisotopic (exact) mass is 297 g/mol. The first-order valence-corrected chi connectivity index (χ1v) is 6.48. The molecule has 0 N–H and O–H groups in total. The van der Waals surface area contributed by atoms with Crippen LogP contribution in [0.4, 0.5) is 0 Å². The molecule has 0 radical (unpaired) electrons. The Labute approximate surface area is 121 Å². The number of rotatable bonds is 3. The second-order valence-corrected chi connectivity index (χ2v) is 4.99. The number of nitrogens with zero attached hydrogens (tertiary/aromatic N) is 1. The van der Waals surface area contributed by atoms with Crippen LogP contribution in [-0.2, 0) is 6.54 Å². The topological polar surface area (TPSA) is 12.4 Å². The van der Waals surface area contributed by atoms with Crippen LogP contribution in [-0.4, -0.2) is 6.21 Å². The van der Waals surface area contributed by atoms with Gasteiger partial charge in [-0.2, -0.15) is 0 Å². The van der Waals surface area contributed by atoms with E-state index in [0.717, 1.165) is 5.56 Å². The predicted octanol–water partition coefficient (Wildman–Crippen LogP) is 5.27. The molecule has 0 fully saturated rings. The average Bonchev–Trinajstić information content (AvgIpc) is 2.34. The molecule has 0 heterocycles. The Kier molecular flexibility index (Phi) is 4.65. The van der Waals surface area contributed by atoms with Crippen molar-refractivity contribution in [1.29, 1.82) is 0 Å².